The van der Waals surface area contributed by atoms with Gasteiger partial charge in [-0.3, -0.25) is 4.90 Å². The molecule has 0 bridgehead atoms. The van der Waals surface area contributed by atoms with E-state index in [-0.39, 0.29) is 17.4 Å². The number of hydrogen-bond donors (Lipinski definition) is 0. The fourth-order valence-corrected chi connectivity index (χ4v) is 6.09. The molecule has 1 saturated carbocycles. The minimum absolute atomic E-state index is 0.0905. The van der Waals surface area contributed by atoms with Gasteiger partial charge >= 0.3 is 0 Å². The van der Waals surface area contributed by atoms with Crippen molar-refractivity contribution in [1.29, 1.82) is 0 Å². The highest BCUT2D eigenvalue weighted by molar-refractivity contribution is 7.90. The number of ether oxygens (including phenoxy) is 1. The third-order valence-electron chi connectivity index (χ3n) is 5.58. The van der Waals surface area contributed by atoms with Crippen LogP contribution in [0.1, 0.15) is 31.2 Å². The molecular formula is C18H24F2N2O3S. The van der Waals surface area contributed by atoms with Crippen molar-refractivity contribution in [2.75, 3.05) is 26.2 Å². The van der Waals surface area contributed by atoms with Gasteiger partial charge in [-0.25, -0.2) is 17.2 Å². The Morgan fingerprint density at radius 3 is 2.54 bits per heavy atom. The Labute approximate surface area is 153 Å². The van der Waals surface area contributed by atoms with Crippen molar-refractivity contribution in [1.82, 2.24) is 9.21 Å². The Hall–Kier alpha value is -1.09. The van der Waals surface area contributed by atoms with Gasteiger partial charge in [-0.1, -0.05) is 6.07 Å². The lowest BCUT2D eigenvalue weighted by atomic mass is 10.0. The predicted octanol–water partition coefficient (Wildman–Crippen LogP) is 2.12. The Kier molecular flexibility index (Phi) is 5.02. The molecule has 0 N–H and O–H groups in total. The summed E-state index contributed by atoms with van der Waals surface area (Å²) in [5, 5.41) is -0.206. The number of sulfonamides is 1. The molecule has 4 rings (SSSR count). The smallest absolute Gasteiger partial charge is 0.217 e. The molecule has 0 radical (unpaired) electrons. The van der Waals surface area contributed by atoms with Gasteiger partial charge in [-0.05, 0) is 43.4 Å². The van der Waals surface area contributed by atoms with E-state index in [9.17, 15) is 17.2 Å². The first kappa shape index (κ1) is 18.3. The molecule has 5 nitrogen and oxygen atoms in total. The molecule has 1 aromatic carbocycles. The monoisotopic (exact) mass is 386 g/mol. The van der Waals surface area contributed by atoms with Crippen molar-refractivity contribution in [3.05, 3.63) is 35.4 Å². The first-order valence-corrected chi connectivity index (χ1v) is 10.7. The van der Waals surface area contributed by atoms with E-state index < -0.39 is 21.7 Å². The molecule has 0 amide bonds. The highest BCUT2D eigenvalue weighted by atomic mass is 32.2. The van der Waals surface area contributed by atoms with E-state index in [0.29, 0.717) is 32.7 Å². The minimum Gasteiger partial charge on any atom is -0.375 e. The molecule has 2 unspecified atom stereocenters. The summed E-state index contributed by atoms with van der Waals surface area (Å²) in [5.41, 5.74) is 0.720. The number of nitrogens with zero attached hydrogens (tertiary/aromatic N) is 2. The third kappa shape index (κ3) is 3.65. The van der Waals surface area contributed by atoms with E-state index in [1.54, 1.807) is 10.4 Å². The molecule has 2 saturated heterocycles. The minimum atomic E-state index is -3.22. The molecule has 0 spiro atoms. The van der Waals surface area contributed by atoms with Crippen LogP contribution in [0.4, 0.5) is 8.78 Å². The van der Waals surface area contributed by atoms with Crippen molar-refractivity contribution in [3.63, 3.8) is 0 Å². The zero-order valence-electron chi connectivity index (χ0n) is 14.6. The van der Waals surface area contributed by atoms with Crippen LogP contribution in [0.15, 0.2) is 18.2 Å². The number of morpholine rings is 1. The second-order valence-corrected chi connectivity index (χ2v) is 9.60. The fourth-order valence-electron chi connectivity index (χ4n) is 4.03. The van der Waals surface area contributed by atoms with Crippen molar-refractivity contribution in [2.45, 2.75) is 49.6 Å². The summed E-state index contributed by atoms with van der Waals surface area (Å²) in [6.45, 7) is 2.85. The molecule has 3 aliphatic rings. The van der Waals surface area contributed by atoms with Crippen LogP contribution in [0.2, 0.25) is 0 Å². The van der Waals surface area contributed by atoms with E-state index in [4.69, 9.17) is 4.74 Å². The van der Waals surface area contributed by atoms with Crippen LogP contribution in [-0.4, -0.2) is 61.3 Å². The van der Waals surface area contributed by atoms with E-state index in [2.05, 4.69) is 4.90 Å². The molecule has 2 aliphatic heterocycles. The topological polar surface area (TPSA) is 49.9 Å². The average Bonchev–Trinajstić information content (AvgIpc) is 3.46. The SMILES string of the molecule is O=S(=O)(C1CC1)N1CCOC2CCN(Cc3ccc(F)c(F)c3)CCC21. The predicted molar refractivity (Wildman–Crippen MR) is 93.0 cm³/mol. The number of hydrogen-bond acceptors (Lipinski definition) is 4. The van der Waals surface area contributed by atoms with Gasteiger partial charge in [0.1, 0.15) is 0 Å². The van der Waals surface area contributed by atoms with Crippen molar-refractivity contribution in [3.8, 4) is 0 Å². The maximum absolute atomic E-state index is 13.4. The van der Waals surface area contributed by atoms with Gasteiger partial charge in [-0.15, -0.1) is 0 Å². The molecular weight excluding hydrogens is 362 g/mol. The Morgan fingerprint density at radius 2 is 1.81 bits per heavy atom. The Bertz CT molecular complexity index is 770. The summed E-state index contributed by atoms with van der Waals surface area (Å²) < 4.78 is 59.6. The number of benzene rings is 1. The van der Waals surface area contributed by atoms with Crippen LogP contribution in [0, 0.1) is 11.6 Å². The van der Waals surface area contributed by atoms with Crippen LogP contribution in [-0.2, 0) is 21.3 Å². The summed E-state index contributed by atoms with van der Waals surface area (Å²) >= 11 is 0. The lowest BCUT2D eigenvalue weighted by Crippen LogP contribution is -2.54. The van der Waals surface area contributed by atoms with Gasteiger partial charge in [-0.2, -0.15) is 4.31 Å². The number of rotatable bonds is 4. The van der Waals surface area contributed by atoms with Crippen LogP contribution in [0.5, 0.6) is 0 Å². The maximum atomic E-state index is 13.4. The summed E-state index contributed by atoms with van der Waals surface area (Å²) in [6.07, 6.45) is 2.87. The molecule has 8 heteroatoms. The molecule has 2 heterocycles. The lowest BCUT2D eigenvalue weighted by Gasteiger charge is -2.39. The van der Waals surface area contributed by atoms with Crippen molar-refractivity contribution < 1.29 is 21.9 Å². The molecule has 2 atom stereocenters. The highest BCUT2D eigenvalue weighted by Gasteiger charge is 2.46. The fraction of sp³-hybridized carbons (Fsp3) is 0.667. The molecule has 3 fully saturated rings. The zero-order chi connectivity index (χ0) is 18.3. The first-order chi connectivity index (χ1) is 12.4. The summed E-state index contributed by atoms with van der Waals surface area (Å²) in [7, 11) is -3.22. The summed E-state index contributed by atoms with van der Waals surface area (Å²) in [5.74, 6) is -1.68. The van der Waals surface area contributed by atoms with Gasteiger partial charge in [0.15, 0.2) is 11.6 Å². The quantitative estimate of drug-likeness (QED) is 0.796. The second-order valence-electron chi connectivity index (χ2n) is 7.43. The van der Waals surface area contributed by atoms with E-state index in [0.717, 1.165) is 37.4 Å². The summed E-state index contributed by atoms with van der Waals surface area (Å²) in [4.78, 5) is 2.16. The van der Waals surface area contributed by atoms with Crippen molar-refractivity contribution in [2.24, 2.45) is 0 Å². The Morgan fingerprint density at radius 1 is 1.04 bits per heavy atom. The lowest BCUT2D eigenvalue weighted by molar-refractivity contribution is -0.0409. The van der Waals surface area contributed by atoms with Crippen LogP contribution >= 0.6 is 0 Å². The van der Waals surface area contributed by atoms with Crippen LogP contribution in [0.3, 0.4) is 0 Å². The van der Waals surface area contributed by atoms with E-state index >= 15 is 0 Å². The molecule has 1 aliphatic carbocycles. The Balaban J connectivity index is 1.45. The number of fused-ring (bicyclic) bond motifs is 1. The van der Waals surface area contributed by atoms with Crippen molar-refractivity contribution >= 4 is 10.0 Å². The normalized spacial score (nSPS) is 28.5. The maximum Gasteiger partial charge on any atom is 0.217 e. The average molecular weight is 386 g/mol. The number of halogens is 2. The van der Waals surface area contributed by atoms with Crippen LogP contribution in [0.25, 0.3) is 0 Å². The molecule has 144 valence electrons. The van der Waals surface area contributed by atoms with Gasteiger partial charge < -0.3 is 4.74 Å². The van der Waals surface area contributed by atoms with Gasteiger partial charge in [0.05, 0.1) is 24.0 Å². The molecule has 26 heavy (non-hydrogen) atoms. The molecule has 0 aromatic heterocycles. The van der Waals surface area contributed by atoms with Crippen LogP contribution < -0.4 is 0 Å². The standard InChI is InChI=1S/C18H24F2N2O3S/c19-15-4-1-13(11-16(15)20)12-21-7-5-17-18(6-8-21)25-10-9-22(17)26(23,24)14-2-3-14/h1,4,11,14,17-18H,2-3,5-10,12H2. The van der Waals surface area contributed by atoms with E-state index in [1.165, 1.54) is 6.07 Å². The van der Waals surface area contributed by atoms with Gasteiger partial charge in [0.2, 0.25) is 10.0 Å². The van der Waals surface area contributed by atoms with Gasteiger partial charge in [0.25, 0.3) is 0 Å². The second kappa shape index (κ2) is 7.14. The third-order valence-corrected chi connectivity index (χ3v) is 8.00. The zero-order valence-corrected chi connectivity index (χ0v) is 15.4. The largest absolute Gasteiger partial charge is 0.375 e. The van der Waals surface area contributed by atoms with Gasteiger partial charge in [0, 0.05) is 26.2 Å². The highest BCUT2D eigenvalue weighted by Crippen LogP contribution is 2.35. The summed E-state index contributed by atoms with van der Waals surface area (Å²) in [6, 6.07) is 3.85. The number of likely N-dealkylation sites (tertiary alicyclic amines) is 1. The molecule has 1 aromatic rings. The first-order valence-electron chi connectivity index (χ1n) is 9.23. The van der Waals surface area contributed by atoms with E-state index in [1.807, 2.05) is 0 Å².